The number of hydrogen-bond acceptors (Lipinski definition) is 3. The van der Waals surface area contributed by atoms with Gasteiger partial charge in [0.05, 0.1) is 6.54 Å². The standard InChI is InChI=1S/C22H20F2N2O2/c1-2-19(28-20-11-4-3-10-18(20)24)22(27)26(21-12-5-6-13-25-21)15-16-8-7-9-17(23)14-16/h3-14,19H,2,15H2,1H3/t19-/m1/s1. The fourth-order valence-corrected chi connectivity index (χ4v) is 2.78. The predicted molar refractivity (Wildman–Crippen MR) is 103 cm³/mol. The van der Waals surface area contributed by atoms with Crippen LogP contribution in [0, 0.1) is 11.6 Å². The third-order valence-electron chi connectivity index (χ3n) is 4.17. The number of amides is 1. The number of hydrogen-bond donors (Lipinski definition) is 0. The molecule has 0 saturated heterocycles. The van der Waals surface area contributed by atoms with E-state index in [9.17, 15) is 13.6 Å². The average Bonchev–Trinajstić information content (AvgIpc) is 2.72. The molecule has 1 atom stereocenters. The highest BCUT2D eigenvalue weighted by molar-refractivity contribution is 5.95. The number of rotatable bonds is 7. The third-order valence-corrected chi connectivity index (χ3v) is 4.17. The molecule has 0 unspecified atom stereocenters. The number of benzene rings is 2. The van der Waals surface area contributed by atoms with Gasteiger partial charge in [0.1, 0.15) is 11.6 Å². The number of anilines is 1. The quantitative estimate of drug-likeness (QED) is 0.592. The van der Waals surface area contributed by atoms with Crippen molar-refractivity contribution in [3.05, 3.63) is 90.1 Å². The number of halogens is 2. The average molecular weight is 382 g/mol. The Labute approximate surface area is 162 Å². The van der Waals surface area contributed by atoms with Crippen molar-refractivity contribution in [2.45, 2.75) is 26.0 Å². The molecule has 0 N–H and O–H groups in total. The summed E-state index contributed by atoms with van der Waals surface area (Å²) in [4.78, 5) is 18.9. The summed E-state index contributed by atoms with van der Waals surface area (Å²) in [6, 6.07) is 17.1. The summed E-state index contributed by atoms with van der Waals surface area (Å²) in [6.45, 7) is 1.90. The van der Waals surface area contributed by atoms with Crippen LogP contribution in [0.4, 0.5) is 14.6 Å². The Morgan fingerprint density at radius 3 is 2.54 bits per heavy atom. The van der Waals surface area contributed by atoms with Gasteiger partial charge in [0.2, 0.25) is 0 Å². The van der Waals surface area contributed by atoms with E-state index in [0.29, 0.717) is 17.8 Å². The van der Waals surface area contributed by atoms with E-state index >= 15 is 0 Å². The lowest BCUT2D eigenvalue weighted by molar-refractivity contribution is -0.125. The largest absolute Gasteiger partial charge is 0.478 e. The molecule has 0 spiro atoms. The van der Waals surface area contributed by atoms with Crippen LogP contribution in [0.1, 0.15) is 18.9 Å². The zero-order chi connectivity index (χ0) is 19.9. The summed E-state index contributed by atoms with van der Waals surface area (Å²) >= 11 is 0. The number of carbonyl (C=O) groups excluding carboxylic acids is 1. The van der Waals surface area contributed by atoms with Crippen molar-refractivity contribution in [1.29, 1.82) is 0 Å². The maximum atomic E-state index is 14.0. The molecule has 3 aromatic rings. The Morgan fingerprint density at radius 2 is 1.86 bits per heavy atom. The van der Waals surface area contributed by atoms with Crippen LogP contribution in [0.5, 0.6) is 5.75 Å². The monoisotopic (exact) mass is 382 g/mol. The number of nitrogens with zero attached hydrogens (tertiary/aromatic N) is 2. The van der Waals surface area contributed by atoms with Gasteiger partial charge in [-0.15, -0.1) is 0 Å². The summed E-state index contributed by atoms with van der Waals surface area (Å²) in [5.74, 6) is -0.890. The normalized spacial score (nSPS) is 11.7. The maximum absolute atomic E-state index is 14.0. The van der Waals surface area contributed by atoms with Crippen molar-refractivity contribution in [1.82, 2.24) is 4.98 Å². The van der Waals surface area contributed by atoms with Gasteiger partial charge in [0, 0.05) is 6.20 Å². The summed E-state index contributed by atoms with van der Waals surface area (Å²) in [5, 5.41) is 0. The molecule has 0 radical (unpaired) electrons. The van der Waals surface area contributed by atoms with Crippen molar-refractivity contribution in [2.75, 3.05) is 4.90 Å². The van der Waals surface area contributed by atoms with Gasteiger partial charge < -0.3 is 4.74 Å². The first kappa shape index (κ1) is 19.5. The fourth-order valence-electron chi connectivity index (χ4n) is 2.78. The molecule has 6 heteroatoms. The molecule has 0 aliphatic heterocycles. The summed E-state index contributed by atoms with van der Waals surface area (Å²) in [6.07, 6.45) is 0.993. The molecule has 0 bridgehead atoms. The van der Waals surface area contributed by atoms with E-state index in [4.69, 9.17) is 4.74 Å². The molecule has 1 amide bonds. The van der Waals surface area contributed by atoms with Crippen LogP contribution in [0.3, 0.4) is 0 Å². The SMILES string of the molecule is CC[C@@H](Oc1ccccc1F)C(=O)N(Cc1cccc(F)c1)c1ccccn1. The molecule has 0 aliphatic rings. The Balaban J connectivity index is 1.89. The lowest BCUT2D eigenvalue weighted by atomic mass is 10.1. The van der Waals surface area contributed by atoms with Gasteiger partial charge in [-0.25, -0.2) is 13.8 Å². The zero-order valence-electron chi connectivity index (χ0n) is 15.4. The van der Waals surface area contributed by atoms with Crippen molar-refractivity contribution >= 4 is 11.7 Å². The van der Waals surface area contributed by atoms with E-state index in [1.807, 2.05) is 0 Å². The second kappa shape index (κ2) is 9.08. The molecule has 0 fully saturated rings. The van der Waals surface area contributed by atoms with E-state index in [1.54, 1.807) is 55.6 Å². The summed E-state index contributed by atoms with van der Waals surface area (Å²) in [7, 11) is 0. The first-order valence-electron chi connectivity index (χ1n) is 8.96. The minimum atomic E-state index is -0.910. The Morgan fingerprint density at radius 1 is 1.07 bits per heavy atom. The van der Waals surface area contributed by atoms with E-state index < -0.39 is 11.9 Å². The molecule has 28 heavy (non-hydrogen) atoms. The minimum Gasteiger partial charge on any atom is -0.478 e. The fraction of sp³-hybridized carbons (Fsp3) is 0.182. The van der Waals surface area contributed by atoms with Crippen molar-refractivity contribution < 1.29 is 18.3 Å². The van der Waals surface area contributed by atoms with Gasteiger partial charge >= 0.3 is 0 Å². The van der Waals surface area contributed by atoms with Crippen LogP contribution in [0.15, 0.2) is 72.9 Å². The number of pyridine rings is 1. The first-order valence-corrected chi connectivity index (χ1v) is 8.96. The Bertz CT molecular complexity index is 935. The van der Waals surface area contributed by atoms with E-state index in [-0.39, 0.29) is 24.0 Å². The Hall–Kier alpha value is -3.28. The van der Waals surface area contributed by atoms with Gasteiger partial charge in [0.25, 0.3) is 5.91 Å². The van der Waals surface area contributed by atoms with E-state index in [0.717, 1.165) is 0 Å². The molecule has 0 saturated carbocycles. The molecule has 0 aliphatic carbocycles. The van der Waals surface area contributed by atoms with Crippen molar-refractivity contribution in [3.8, 4) is 5.75 Å². The number of aromatic nitrogens is 1. The van der Waals surface area contributed by atoms with Crippen LogP contribution in [0.25, 0.3) is 0 Å². The van der Waals surface area contributed by atoms with Crippen LogP contribution in [0.2, 0.25) is 0 Å². The van der Waals surface area contributed by atoms with Crippen molar-refractivity contribution in [3.63, 3.8) is 0 Å². The third kappa shape index (κ3) is 4.71. The molecule has 1 aromatic heterocycles. The molecular formula is C22H20F2N2O2. The highest BCUT2D eigenvalue weighted by Gasteiger charge is 2.27. The minimum absolute atomic E-state index is 0.00873. The first-order chi connectivity index (χ1) is 13.6. The second-order valence-corrected chi connectivity index (χ2v) is 6.19. The lowest BCUT2D eigenvalue weighted by Crippen LogP contribution is -2.42. The van der Waals surface area contributed by atoms with Crippen LogP contribution in [-0.2, 0) is 11.3 Å². The lowest BCUT2D eigenvalue weighted by Gasteiger charge is -2.27. The smallest absolute Gasteiger partial charge is 0.269 e. The molecule has 2 aromatic carbocycles. The summed E-state index contributed by atoms with van der Waals surface area (Å²) in [5.41, 5.74) is 0.611. The van der Waals surface area contributed by atoms with Gasteiger partial charge in [-0.05, 0) is 48.4 Å². The number of para-hydroxylation sites is 1. The molecule has 1 heterocycles. The summed E-state index contributed by atoms with van der Waals surface area (Å²) < 4.78 is 33.2. The van der Waals surface area contributed by atoms with Gasteiger partial charge in [0.15, 0.2) is 17.7 Å². The van der Waals surface area contributed by atoms with Gasteiger partial charge in [-0.1, -0.05) is 37.3 Å². The van der Waals surface area contributed by atoms with Gasteiger partial charge in [-0.3, -0.25) is 9.69 Å². The van der Waals surface area contributed by atoms with Crippen LogP contribution < -0.4 is 9.64 Å². The maximum Gasteiger partial charge on any atom is 0.269 e. The predicted octanol–water partition coefficient (Wildman–Crippen LogP) is 4.75. The topological polar surface area (TPSA) is 42.4 Å². The molecular weight excluding hydrogens is 362 g/mol. The molecule has 144 valence electrons. The van der Waals surface area contributed by atoms with E-state index in [2.05, 4.69) is 4.98 Å². The van der Waals surface area contributed by atoms with E-state index in [1.165, 1.54) is 29.2 Å². The second-order valence-electron chi connectivity index (χ2n) is 6.19. The number of carbonyl (C=O) groups is 1. The highest BCUT2D eigenvalue weighted by atomic mass is 19.1. The van der Waals surface area contributed by atoms with Gasteiger partial charge in [-0.2, -0.15) is 0 Å². The zero-order valence-corrected chi connectivity index (χ0v) is 15.4. The molecule has 3 rings (SSSR count). The highest BCUT2D eigenvalue weighted by Crippen LogP contribution is 2.22. The van der Waals surface area contributed by atoms with Crippen LogP contribution >= 0.6 is 0 Å². The van der Waals surface area contributed by atoms with Crippen molar-refractivity contribution in [2.24, 2.45) is 0 Å². The molecule has 4 nitrogen and oxygen atoms in total. The van der Waals surface area contributed by atoms with Crippen LogP contribution in [-0.4, -0.2) is 17.0 Å². The Kier molecular flexibility index (Phi) is 6.32. The number of ether oxygens (including phenoxy) is 1.